The summed E-state index contributed by atoms with van der Waals surface area (Å²) in [6, 6.07) is 3.15. The predicted octanol–water partition coefficient (Wildman–Crippen LogP) is 3.51. The average molecular weight is 414 g/mol. The van der Waals surface area contributed by atoms with Crippen molar-refractivity contribution in [2.24, 2.45) is 5.92 Å². The van der Waals surface area contributed by atoms with Gasteiger partial charge in [0.25, 0.3) is 0 Å². The maximum absolute atomic E-state index is 12.2. The second-order valence-electron chi connectivity index (χ2n) is 4.75. The van der Waals surface area contributed by atoms with Gasteiger partial charge in [0, 0.05) is 21.2 Å². The lowest BCUT2D eigenvalue weighted by atomic mass is 10.1. The molecular weight excluding hydrogens is 396 g/mol. The fourth-order valence-electron chi connectivity index (χ4n) is 1.63. The van der Waals surface area contributed by atoms with Crippen molar-refractivity contribution in [1.82, 2.24) is 4.72 Å². The third-order valence-corrected chi connectivity index (χ3v) is 5.88. The summed E-state index contributed by atoms with van der Waals surface area (Å²) in [6.07, 6.45) is 1.81. The lowest BCUT2D eigenvalue weighted by molar-refractivity contribution is 0.539. The van der Waals surface area contributed by atoms with E-state index in [0.29, 0.717) is 27.1 Å². The molecule has 1 aromatic rings. The molecule has 1 aromatic carbocycles. The first-order valence-electron chi connectivity index (χ1n) is 5.98. The Morgan fingerprint density at radius 3 is 2.26 bits per heavy atom. The largest absolute Gasteiger partial charge is 0.399 e. The van der Waals surface area contributed by atoms with Gasteiger partial charge in [-0.2, -0.15) is 0 Å². The van der Waals surface area contributed by atoms with Crippen LogP contribution >= 0.6 is 31.9 Å². The zero-order valence-electron chi connectivity index (χ0n) is 10.9. The third-order valence-electron chi connectivity index (χ3n) is 2.54. The molecule has 0 saturated carbocycles. The van der Waals surface area contributed by atoms with E-state index >= 15 is 0 Å². The van der Waals surface area contributed by atoms with Gasteiger partial charge in [-0.1, -0.05) is 13.8 Å². The van der Waals surface area contributed by atoms with Crippen LogP contribution in [0.4, 0.5) is 5.69 Å². The van der Waals surface area contributed by atoms with Crippen LogP contribution in [0, 0.1) is 5.92 Å². The first-order chi connectivity index (χ1) is 8.74. The van der Waals surface area contributed by atoms with E-state index in [0.717, 1.165) is 12.8 Å². The minimum absolute atomic E-state index is 0.186. The number of nitrogen functional groups attached to an aromatic ring is 1. The molecule has 0 fully saturated rings. The van der Waals surface area contributed by atoms with Crippen LogP contribution in [0.1, 0.15) is 26.7 Å². The van der Waals surface area contributed by atoms with Crippen LogP contribution in [0.15, 0.2) is 26.0 Å². The zero-order chi connectivity index (χ0) is 14.6. The number of hydrogen-bond donors (Lipinski definition) is 2. The molecule has 0 aliphatic rings. The minimum Gasteiger partial charge on any atom is -0.399 e. The average Bonchev–Trinajstić information content (AvgIpc) is 2.22. The molecule has 7 heteroatoms. The van der Waals surface area contributed by atoms with Crippen molar-refractivity contribution in [1.29, 1.82) is 0 Å². The van der Waals surface area contributed by atoms with Crippen molar-refractivity contribution < 1.29 is 8.42 Å². The highest BCUT2D eigenvalue weighted by Crippen LogP contribution is 2.32. The Kier molecular flexibility index (Phi) is 6.29. The van der Waals surface area contributed by atoms with Gasteiger partial charge in [0.15, 0.2) is 0 Å². The summed E-state index contributed by atoms with van der Waals surface area (Å²) in [5.41, 5.74) is 6.15. The van der Waals surface area contributed by atoms with E-state index in [1.807, 2.05) is 0 Å². The Morgan fingerprint density at radius 1 is 1.26 bits per heavy atom. The first kappa shape index (κ1) is 16.9. The molecular formula is C12H18Br2N2O2S. The van der Waals surface area contributed by atoms with Gasteiger partial charge in [-0.15, -0.1) is 0 Å². The topological polar surface area (TPSA) is 72.2 Å². The number of benzene rings is 1. The lowest BCUT2D eigenvalue weighted by Crippen LogP contribution is -2.25. The molecule has 0 saturated heterocycles. The molecule has 4 nitrogen and oxygen atoms in total. The van der Waals surface area contributed by atoms with Crippen molar-refractivity contribution in [3.63, 3.8) is 0 Å². The second kappa shape index (κ2) is 7.06. The van der Waals surface area contributed by atoms with Crippen molar-refractivity contribution in [2.75, 3.05) is 12.3 Å². The smallest absolute Gasteiger partial charge is 0.242 e. The quantitative estimate of drug-likeness (QED) is 0.553. The van der Waals surface area contributed by atoms with Gasteiger partial charge >= 0.3 is 0 Å². The normalized spacial score (nSPS) is 12.1. The maximum atomic E-state index is 12.2. The van der Waals surface area contributed by atoms with E-state index in [4.69, 9.17) is 5.73 Å². The summed E-state index contributed by atoms with van der Waals surface area (Å²) in [6.45, 7) is 4.66. The van der Waals surface area contributed by atoms with Crippen molar-refractivity contribution in [3.05, 3.63) is 21.1 Å². The Bertz CT molecular complexity index is 522. The Hall–Kier alpha value is -0.110. The van der Waals surface area contributed by atoms with Gasteiger partial charge in [0.05, 0.1) is 0 Å². The fourth-order valence-corrected chi connectivity index (χ4v) is 5.31. The van der Waals surface area contributed by atoms with E-state index in [1.165, 1.54) is 0 Å². The van der Waals surface area contributed by atoms with Gasteiger partial charge in [0.2, 0.25) is 10.0 Å². The molecule has 0 aliphatic carbocycles. The molecule has 19 heavy (non-hydrogen) atoms. The molecule has 0 bridgehead atoms. The molecule has 0 radical (unpaired) electrons. The third kappa shape index (κ3) is 5.06. The van der Waals surface area contributed by atoms with Gasteiger partial charge in [-0.3, -0.25) is 0 Å². The van der Waals surface area contributed by atoms with Crippen LogP contribution in [-0.2, 0) is 10.0 Å². The van der Waals surface area contributed by atoms with Crippen molar-refractivity contribution >= 4 is 47.6 Å². The summed E-state index contributed by atoms with van der Waals surface area (Å²) in [7, 11) is -3.54. The number of halogens is 2. The number of anilines is 1. The van der Waals surface area contributed by atoms with Crippen LogP contribution in [0.2, 0.25) is 0 Å². The number of rotatable bonds is 6. The van der Waals surface area contributed by atoms with Gasteiger partial charge in [0.1, 0.15) is 4.90 Å². The molecule has 0 unspecified atom stereocenters. The van der Waals surface area contributed by atoms with E-state index in [9.17, 15) is 8.42 Å². The number of nitrogens with one attached hydrogen (secondary N) is 1. The molecule has 0 heterocycles. The van der Waals surface area contributed by atoms with Gasteiger partial charge in [-0.25, -0.2) is 13.1 Å². The lowest BCUT2D eigenvalue weighted by Gasteiger charge is -2.11. The minimum atomic E-state index is -3.54. The highest BCUT2D eigenvalue weighted by Gasteiger charge is 2.21. The van der Waals surface area contributed by atoms with Crippen LogP contribution < -0.4 is 10.5 Å². The summed E-state index contributed by atoms with van der Waals surface area (Å²) < 4.78 is 27.9. The number of hydrogen-bond acceptors (Lipinski definition) is 3. The van der Waals surface area contributed by atoms with E-state index in [2.05, 4.69) is 50.4 Å². The van der Waals surface area contributed by atoms with E-state index in [-0.39, 0.29) is 4.90 Å². The molecule has 108 valence electrons. The number of sulfonamides is 1. The van der Waals surface area contributed by atoms with Crippen LogP contribution in [0.25, 0.3) is 0 Å². The van der Waals surface area contributed by atoms with Crippen LogP contribution in [-0.4, -0.2) is 15.0 Å². The predicted molar refractivity (Wildman–Crippen MR) is 85.5 cm³/mol. The second-order valence-corrected chi connectivity index (χ2v) is 8.16. The fraction of sp³-hybridized carbons (Fsp3) is 0.500. The summed E-state index contributed by atoms with van der Waals surface area (Å²) in [4.78, 5) is 0.186. The van der Waals surface area contributed by atoms with E-state index in [1.54, 1.807) is 12.1 Å². The van der Waals surface area contributed by atoms with Crippen LogP contribution in [0.3, 0.4) is 0 Å². The maximum Gasteiger partial charge on any atom is 0.242 e. The monoisotopic (exact) mass is 412 g/mol. The zero-order valence-corrected chi connectivity index (χ0v) is 14.9. The first-order valence-corrected chi connectivity index (χ1v) is 9.05. The highest BCUT2D eigenvalue weighted by atomic mass is 79.9. The molecule has 0 atom stereocenters. The molecule has 3 N–H and O–H groups in total. The Balaban J connectivity index is 2.84. The molecule has 0 aliphatic heterocycles. The van der Waals surface area contributed by atoms with Gasteiger partial charge < -0.3 is 5.73 Å². The Labute approximate surface area is 131 Å². The molecule has 1 rings (SSSR count). The summed E-state index contributed by atoms with van der Waals surface area (Å²) in [5.74, 6) is 0.569. The molecule has 0 spiro atoms. The summed E-state index contributed by atoms with van der Waals surface area (Å²) >= 11 is 6.47. The van der Waals surface area contributed by atoms with Gasteiger partial charge in [-0.05, 0) is 62.8 Å². The molecule has 0 aromatic heterocycles. The standard InChI is InChI=1S/C12H18Br2N2O2S/c1-8(2)4-3-5-16-19(17,18)12-10(13)6-9(15)7-11(12)14/h6-8,16H,3-5,15H2,1-2H3. The van der Waals surface area contributed by atoms with Crippen LogP contribution in [0.5, 0.6) is 0 Å². The molecule has 0 amide bonds. The van der Waals surface area contributed by atoms with Crippen molar-refractivity contribution in [3.8, 4) is 0 Å². The Morgan fingerprint density at radius 2 is 1.79 bits per heavy atom. The number of nitrogens with two attached hydrogens (primary N) is 1. The highest BCUT2D eigenvalue weighted by molar-refractivity contribution is 9.11. The van der Waals surface area contributed by atoms with E-state index < -0.39 is 10.0 Å². The summed E-state index contributed by atoms with van der Waals surface area (Å²) in [5, 5.41) is 0. The SMILES string of the molecule is CC(C)CCCNS(=O)(=O)c1c(Br)cc(N)cc1Br. The van der Waals surface area contributed by atoms with Crippen molar-refractivity contribution in [2.45, 2.75) is 31.6 Å².